The monoisotopic (exact) mass is 352 g/mol. The van der Waals surface area contributed by atoms with E-state index < -0.39 is 10.0 Å². The Balaban J connectivity index is 1.88. The van der Waals surface area contributed by atoms with Crippen LogP contribution in [0.1, 0.15) is 11.4 Å². The van der Waals surface area contributed by atoms with E-state index in [1.807, 2.05) is 0 Å². The van der Waals surface area contributed by atoms with E-state index in [9.17, 15) is 8.42 Å². The van der Waals surface area contributed by atoms with Gasteiger partial charge in [0.1, 0.15) is 10.6 Å². The zero-order valence-corrected chi connectivity index (χ0v) is 13.9. The van der Waals surface area contributed by atoms with Crippen LogP contribution in [-0.4, -0.2) is 23.8 Å². The minimum atomic E-state index is -3.81. The molecule has 3 aromatic rings. The van der Waals surface area contributed by atoms with Crippen molar-refractivity contribution in [2.24, 2.45) is 0 Å². The second kappa shape index (κ2) is 5.71. The van der Waals surface area contributed by atoms with Gasteiger partial charge in [-0.05, 0) is 26.0 Å². The fourth-order valence-electron chi connectivity index (χ4n) is 2.20. The zero-order chi connectivity index (χ0) is 16.6. The van der Waals surface area contributed by atoms with Crippen LogP contribution in [0.5, 0.6) is 0 Å². The number of nitrogens with one attached hydrogen (secondary N) is 2. The molecule has 0 aliphatic carbocycles. The van der Waals surface area contributed by atoms with Gasteiger partial charge in [-0.25, -0.2) is 13.1 Å². The molecule has 0 radical (unpaired) electrons. The average Bonchev–Trinajstić information content (AvgIpc) is 3.06. The minimum absolute atomic E-state index is 0.0231. The Morgan fingerprint density at radius 3 is 2.52 bits per heavy atom. The van der Waals surface area contributed by atoms with Crippen molar-refractivity contribution in [2.75, 3.05) is 4.72 Å². The van der Waals surface area contributed by atoms with E-state index in [4.69, 9.17) is 16.1 Å². The molecular formula is C14H13ClN4O3S. The third kappa shape index (κ3) is 3.08. The molecule has 0 unspecified atom stereocenters. The molecule has 120 valence electrons. The number of benzene rings is 1. The zero-order valence-electron chi connectivity index (χ0n) is 12.3. The van der Waals surface area contributed by atoms with Gasteiger partial charge in [0.25, 0.3) is 10.0 Å². The van der Waals surface area contributed by atoms with Crippen LogP contribution < -0.4 is 4.72 Å². The van der Waals surface area contributed by atoms with E-state index in [1.54, 1.807) is 38.1 Å². The highest BCUT2D eigenvalue weighted by Crippen LogP contribution is 2.26. The van der Waals surface area contributed by atoms with E-state index in [0.29, 0.717) is 22.1 Å². The third-order valence-electron chi connectivity index (χ3n) is 3.21. The number of hydrogen-bond acceptors (Lipinski definition) is 5. The van der Waals surface area contributed by atoms with Gasteiger partial charge < -0.3 is 4.52 Å². The second-order valence-electron chi connectivity index (χ2n) is 4.95. The van der Waals surface area contributed by atoms with Crippen LogP contribution in [0, 0.1) is 13.8 Å². The van der Waals surface area contributed by atoms with E-state index >= 15 is 0 Å². The highest BCUT2D eigenvalue weighted by atomic mass is 35.5. The lowest BCUT2D eigenvalue weighted by Crippen LogP contribution is -2.14. The SMILES string of the molecule is Cc1n[nH]c(C)c1S(=O)(=O)Nc1cc(-c2ccc(Cl)cc2)no1. The molecule has 7 nitrogen and oxygen atoms in total. The predicted octanol–water partition coefficient (Wildman–Crippen LogP) is 3.14. The first-order valence-electron chi connectivity index (χ1n) is 6.64. The summed E-state index contributed by atoms with van der Waals surface area (Å²) in [6.07, 6.45) is 0. The highest BCUT2D eigenvalue weighted by molar-refractivity contribution is 7.92. The average molecular weight is 353 g/mol. The van der Waals surface area contributed by atoms with Crippen molar-refractivity contribution in [3.8, 4) is 11.3 Å². The van der Waals surface area contributed by atoms with Gasteiger partial charge in [-0.2, -0.15) is 5.10 Å². The van der Waals surface area contributed by atoms with E-state index in [-0.39, 0.29) is 10.8 Å². The van der Waals surface area contributed by atoms with Gasteiger partial charge in [0.2, 0.25) is 5.88 Å². The number of H-pyrrole nitrogens is 1. The van der Waals surface area contributed by atoms with Crippen molar-refractivity contribution in [1.82, 2.24) is 15.4 Å². The molecule has 0 atom stereocenters. The smallest absolute Gasteiger partial charge is 0.267 e. The first-order valence-corrected chi connectivity index (χ1v) is 8.50. The summed E-state index contributed by atoms with van der Waals surface area (Å²) in [5.74, 6) is 0.0231. The molecule has 0 saturated carbocycles. The van der Waals surface area contributed by atoms with Crippen LogP contribution in [0.3, 0.4) is 0 Å². The largest absolute Gasteiger partial charge is 0.337 e. The van der Waals surface area contributed by atoms with Gasteiger partial charge in [-0.1, -0.05) is 28.9 Å². The van der Waals surface area contributed by atoms with Crippen molar-refractivity contribution in [3.05, 3.63) is 46.7 Å². The van der Waals surface area contributed by atoms with Crippen LogP contribution in [0.25, 0.3) is 11.3 Å². The molecule has 0 saturated heterocycles. The molecule has 0 bridgehead atoms. The molecule has 2 heterocycles. The Hall–Kier alpha value is -2.32. The van der Waals surface area contributed by atoms with Crippen LogP contribution in [0.4, 0.5) is 5.88 Å². The number of hydrogen-bond donors (Lipinski definition) is 2. The quantitative estimate of drug-likeness (QED) is 0.751. The maximum absolute atomic E-state index is 12.4. The van der Waals surface area contributed by atoms with Gasteiger partial charge in [-0.3, -0.25) is 5.10 Å². The van der Waals surface area contributed by atoms with Crippen LogP contribution in [0.2, 0.25) is 5.02 Å². The summed E-state index contributed by atoms with van der Waals surface area (Å²) in [6.45, 7) is 3.24. The Kier molecular flexibility index (Phi) is 3.87. The van der Waals surface area contributed by atoms with Crippen LogP contribution >= 0.6 is 11.6 Å². The van der Waals surface area contributed by atoms with Crippen molar-refractivity contribution >= 4 is 27.5 Å². The lowest BCUT2D eigenvalue weighted by Gasteiger charge is -2.04. The number of aryl methyl sites for hydroxylation is 2. The fourth-order valence-corrected chi connectivity index (χ4v) is 3.67. The molecule has 3 rings (SSSR count). The molecule has 0 amide bonds. The predicted molar refractivity (Wildman–Crippen MR) is 85.8 cm³/mol. The van der Waals surface area contributed by atoms with E-state index in [1.165, 1.54) is 6.07 Å². The van der Waals surface area contributed by atoms with Crippen molar-refractivity contribution in [3.63, 3.8) is 0 Å². The number of sulfonamides is 1. The van der Waals surface area contributed by atoms with E-state index in [0.717, 1.165) is 5.56 Å². The summed E-state index contributed by atoms with van der Waals surface area (Å²) in [7, 11) is -3.81. The van der Waals surface area contributed by atoms with Gasteiger partial charge in [0, 0.05) is 16.7 Å². The first-order chi connectivity index (χ1) is 10.9. The molecule has 1 aromatic carbocycles. The lowest BCUT2D eigenvalue weighted by molar-refractivity contribution is 0.438. The maximum atomic E-state index is 12.4. The van der Waals surface area contributed by atoms with Gasteiger partial charge in [0.15, 0.2) is 0 Å². The van der Waals surface area contributed by atoms with Crippen molar-refractivity contribution < 1.29 is 12.9 Å². The topological polar surface area (TPSA) is 101 Å². The molecule has 0 fully saturated rings. The Morgan fingerprint density at radius 2 is 1.91 bits per heavy atom. The Labute approximate surface area is 137 Å². The molecule has 9 heteroatoms. The van der Waals surface area contributed by atoms with Gasteiger partial charge in [-0.15, -0.1) is 0 Å². The minimum Gasteiger partial charge on any atom is -0.337 e. The summed E-state index contributed by atoms with van der Waals surface area (Å²) in [5, 5.41) is 11.0. The van der Waals surface area contributed by atoms with Crippen LogP contribution in [0.15, 0.2) is 39.8 Å². The number of rotatable bonds is 4. The molecular weight excluding hydrogens is 340 g/mol. The van der Waals surface area contributed by atoms with E-state index in [2.05, 4.69) is 20.1 Å². The summed E-state index contributed by atoms with van der Waals surface area (Å²) in [6, 6.07) is 8.47. The number of nitrogens with zero attached hydrogens (tertiary/aromatic N) is 2. The fraction of sp³-hybridized carbons (Fsp3) is 0.143. The van der Waals surface area contributed by atoms with Gasteiger partial charge >= 0.3 is 0 Å². The molecule has 0 aliphatic rings. The number of anilines is 1. The lowest BCUT2D eigenvalue weighted by atomic mass is 10.1. The summed E-state index contributed by atoms with van der Waals surface area (Å²) >= 11 is 5.83. The molecule has 2 N–H and O–H groups in total. The molecule has 23 heavy (non-hydrogen) atoms. The Morgan fingerprint density at radius 1 is 1.22 bits per heavy atom. The summed E-state index contributed by atoms with van der Waals surface area (Å²) in [4.78, 5) is 0.0990. The number of aromatic amines is 1. The van der Waals surface area contributed by atoms with Crippen molar-refractivity contribution in [2.45, 2.75) is 18.7 Å². The standard InChI is InChI=1S/C14H13ClN4O3S/c1-8-14(9(2)17-16-8)23(20,21)19-13-7-12(18-22-13)10-3-5-11(15)6-4-10/h3-7,19H,1-2H3,(H,16,17). The van der Waals surface area contributed by atoms with Gasteiger partial charge in [0.05, 0.1) is 11.4 Å². The maximum Gasteiger partial charge on any atom is 0.267 e. The number of aromatic nitrogens is 3. The normalized spacial score (nSPS) is 11.6. The molecule has 0 aliphatic heterocycles. The Bertz CT molecular complexity index is 925. The van der Waals surface area contributed by atoms with Crippen molar-refractivity contribution in [1.29, 1.82) is 0 Å². The molecule has 0 spiro atoms. The second-order valence-corrected chi connectivity index (χ2v) is 7.01. The first kappa shape index (κ1) is 15.6. The summed E-state index contributed by atoms with van der Waals surface area (Å²) in [5.41, 5.74) is 2.10. The summed E-state index contributed by atoms with van der Waals surface area (Å²) < 4.78 is 32.3. The van der Waals surface area contributed by atoms with Crippen LogP contribution in [-0.2, 0) is 10.0 Å². The third-order valence-corrected chi connectivity index (χ3v) is 5.08. The molecule has 2 aromatic heterocycles. The number of halogens is 1. The highest BCUT2D eigenvalue weighted by Gasteiger charge is 2.24.